The third kappa shape index (κ3) is 4.01. The number of aromatic nitrogens is 2. The van der Waals surface area contributed by atoms with E-state index in [4.69, 9.17) is 0 Å². The van der Waals surface area contributed by atoms with Crippen LogP contribution in [0.3, 0.4) is 0 Å². The summed E-state index contributed by atoms with van der Waals surface area (Å²) in [5.74, 6) is 0.971. The first-order valence-corrected chi connectivity index (χ1v) is 8.05. The van der Waals surface area contributed by atoms with Crippen molar-refractivity contribution in [2.45, 2.75) is 13.8 Å². The molecule has 1 heterocycles. The van der Waals surface area contributed by atoms with Gasteiger partial charge in [0, 0.05) is 24.5 Å². The SMILES string of the molecule is Cc1ccc(NC(=O)c2cc(N(C)c3ccccc3)nc(C)n2)cc1. The van der Waals surface area contributed by atoms with E-state index in [-0.39, 0.29) is 5.91 Å². The van der Waals surface area contributed by atoms with E-state index >= 15 is 0 Å². The van der Waals surface area contributed by atoms with Gasteiger partial charge in [0.2, 0.25) is 0 Å². The second-order valence-corrected chi connectivity index (χ2v) is 5.87. The van der Waals surface area contributed by atoms with Gasteiger partial charge in [0.15, 0.2) is 0 Å². The number of nitrogens with one attached hydrogen (secondary N) is 1. The number of rotatable bonds is 4. The zero-order valence-corrected chi connectivity index (χ0v) is 14.5. The second-order valence-electron chi connectivity index (χ2n) is 5.87. The monoisotopic (exact) mass is 332 g/mol. The Balaban J connectivity index is 1.86. The number of anilines is 3. The van der Waals surface area contributed by atoms with Crippen LogP contribution < -0.4 is 10.2 Å². The number of carbonyl (C=O) groups is 1. The first kappa shape index (κ1) is 16.6. The Morgan fingerprint density at radius 3 is 2.32 bits per heavy atom. The van der Waals surface area contributed by atoms with Gasteiger partial charge in [-0.15, -0.1) is 0 Å². The summed E-state index contributed by atoms with van der Waals surface area (Å²) in [6.07, 6.45) is 0. The van der Waals surface area contributed by atoms with Gasteiger partial charge in [-0.2, -0.15) is 0 Å². The average molecular weight is 332 g/mol. The smallest absolute Gasteiger partial charge is 0.274 e. The molecule has 3 aromatic rings. The van der Waals surface area contributed by atoms with Crippen LogP contribution in [-0.2, 0) is 0 Å². The molecule has 2 aromatic carbocycles. The Morgan fingerprint density at radius 2 is 1.64 bits per heavy atom. The van der Waals surface area contributed by atoms with Crippen molar-refractivity contribution in [1.29, 1.82) is 0 Å². The number of para-hydroxylation sites is 1. The molecule has 0 aliphatic rings. The van der Waals surface area contributed by atoms with Gasteiger partial charge in [-0.25, -0.2) is 9.97 Å². The number of nitrogens with zero attached hydrogens (tertiary/aromatic N) is 3. The molecule has 25 heavy (non-hydrogen) atoms. The van der Waals surface area contributed by atoms with Crippen LogP contribution in [0.15, 0.2) is 60.7 Å². The first-order chi connectivity index (χ1) is 12.0. The summed E-state index contributed by atoms with van der Waals surface area (Å²) in [4.78, 5) is 23.2. The van der Waals surface area contributed by atoms with Crippen molar-refractivity contribution >= 4 is 23.1 Å². The number of amides is 1. The van der Waals surface area contributed by atoms with Gasteiger partial charge in [-0.1, -0.05) is 35.9 Å². The topological polar surface area (TPSA) is 58.1 Å². The Bertz CT molecular complexity index is 876. The molecule has 1 aromatic heterocycles. The van der Waals surface area contributed by atoms with E-state index in [2.05, 4.69) is 15.3 Å². The van der Waals surface area contributed by atoms with Crippen LogP contribution in [0, 0.1) is 13.8 Å². The molecule has 3 rings (SSSR count). The minimum absolute atomic E-state index is 0.253. The highest BCUT2D eigenvalue weighted by Crippen LogP contribution is 2.22. The summed E-state index contributed by atoms with van der Waals surface area (Å²) in [6, 6.07) is 19.2. The largest absolute Gasteiger partial charge is 0.329 e. The summed E-state index contributed by atoms with van der Waals surface area (Å²) in [5, 5.41) is 2.87. The fraction of sp³-hybridized carbons (Fsp3) is 0.150. The fourth-order valence-electron chi connectivity index (χ4n) is 2.46. The molecule has 0 saturated heterocycles. The summed E-state index contributed by atoms with van der Waals surface area (Å²) in [5.41, 5.74) is 3.21. The van der Waals surface area contributed by atoms with Crippen molar-refractivity contribution in [1.82, 2.24) is 9.97 Å². The van der Waals surface area contributed by atoms with Crippen LogP contribution in [0.4, 0.5) is 17.2 Å². The number of benzene rings is 2. The Hall–Kier alpha value is -3.21. The molecule has 0 atom stereocenters. The lowest BCUT2D eigenvalue weighted by atomic mass is 10.2. The minimum Gasteiger partial charge on any atom is -0.329 e. The maximum atomic E-state index is 12.5. The van der Waals surface area contributed by atoms with Crippen LogP contribution in [0.25, 0.3) is 0 Å². The molecule has 0 radical (unpaired) electrons. The van der Waals surface area contributed by atoms with E-state index in [0.29, 0.717) is 17.3 Å². The van der Waals surface area contributed by atoms with Crippen molar-refractivity contribution in [3.05, 3.63) is 77.7 Å². The molecule has 0 bridgehead atoms. The molecule has 0 aliphatic heterocycles. The molecule has 5 nitrogen and oxygen atoms in total. The molecule has 1 N–H and O–H groups in total. The lowest BCUT2D eigenvalue weighted by molar-refractivity contribution is 0.102. The predicted octanol–water partition coefficient (Wildman–Crippen LogP) is 4.11. The van der Waals surface area contributed by atoms with Gasteiger partial charge in [-0.05, 0) is 38.1 Å². The standard InChI is InChI=1S/C20H20N4O/c1-14-9-11-16(12-10-14)23-20(25)18-13-19(22-15(2)21-18)24(3)17-7-5-4-6-8-17/h4-13H,1-3H3,(H,23,25). The molecule has 1 amide bonds. The highest BCUT2D eigenvalue weighted by atomic mass is 16.1. The van der Waals surface area contributed by atoms with Crippen molar-refractivity contribution < 1.29 is 4.79 Å². The maximum Gasteiger partial charge on any atom is 0.274 e. The Labute approximate surface area is 147 Å². The number of hydrogen-bond donors (Lipinski definition) is 1. The van der Waals surface area contributed by atoms with Gasteiger partial charge in [0.05, 0.1) is 0 Å². The zero-order chi connectivity index (χ0) is 17.8. The van der Waals surface area contributed by atoms with Crippen molar-refractivity contribution in [2.75, 3.05) is 17.3 Å². The molecule has 0 aliphatic carbocycles. The van der Waals surface area contributed by atoms with E-state index in [1.54, 1.807) is 13.0 Å². The van der Waals surface area contributed by atoms with E-state index in [0.717, 1.165) is 16.9 Å². The average Bonchev–Trinajstić information content (AvgIpc) is 2.63. The molecule has 5 heteroatoms. The lowest BCUT2D eigenvalue weighted by Gasteiger charge is -2.19. The van der Waals surface area contributed by atoms with Crippen LogP contribution in [0.1, 0.15) is 21.9 Å². The van der Waals surface area contributed by atoms with Gasteiger partial charge in [-0.3, -0.25) is 4.79 Å². The Kier molecular flexibility index (Phi) is 4.75. The van der Waals surface area contributed by atoms with E-state index in [1.165, 1.54) is 0 Å². The molecule has 126 valence electrons. The third-order valence-corrected chi connectivity index (χ3v) is 3.85. The third-order valence-electron chi connectivity index (χ3n) is 3.85. The molecule has 0 spiro atoms. The van der Waals surface area contributed by atoms with Crippen LogP contribution in [0.5, 0.6) is 0 Å². The van der Waals surface area contributed by atoms with Gasteiger partial charge >= 0.3 is 0 Å². The first-order valence-electron chi connectivity index (χ1n) is 8.05. The second kappa shape index (κ2) is 7.13. The highest BCUT2D eigenvalue weighted by molar-refractivity contribution is 6.03. The van der Waals surface area contributed by atoms with Gasteiger partial charge in [0.1, 0.15) is 17.3 Å². The number of carbonyl (C=O) groups excluding carboxylic acids is 1. The predicted molar refractivity (Wildman–Crippen MR) is 100 cm³/mol. The number of aryl methyl sites for hydroxylation is 2. The van der Waals surface area contributed by atoms with Gasteiger partial charge in [0.25, 0.3) is 5.91 Å². The normalized spacial score (nSPS) is 10.4. The van der Waals surface area contributed by atoms with Crippen LogP contribution in [-0.4, -0.2) is 22.9 Å². The molecule has 0 fully saturated rings. The van der Waals surface area contributed by atoms with Crippen LogP contribution in [0.2, 0.25) is 0 Å². The van der Waals surface area contributed by atoms with E-state index in [9.17, 15) is 4.79 Å². The zero-order valence-electron chi connectivity index (χ0n) is 14.5. The lowest BCUT2D eigenvalue weighted by Crippen LogP contribution is -2.18. The maximum absolute atomic E-state index is 12.5. The quantitative estimate of drug-likeness (QED) is 0.781. The molecular weight excluding hydrogens is 312 g/mol. The molecule has 0 unspecified atom stereocenters. The van der Waals surface area contributed by atoms with Crippen molar-refractivity contribution in [3.63, 3.8) is 0 Å². The van der Waals surface area contributed by atoms with Crippen molar-refractivity contribution in [3.8, 4) is 0 Å². The number of hydrogen-bond acceptors (Lipinski definition) is 4. The Morgan fingerprint density at radius 1 is 0.960 bits per heavy atom. The summed E-state index contributed by atoms with van der Waals surface area (Å²) in [7, 11) is 1.92. The van der Waals surface area contributed by atoms with Crippen LogP contribution >= 0.6 is 0 Å². The minimum atomic E-state index is -0.253. The summed E-state index contributed by atoms with van der Waals surface area (Å²) >= 11 is 0. The van der Waals surface area contributed by atoms with Gasteiger partial charge < -0.3 is 10.2 Å². The molecular formula is C20H20N4O. The summed E-state index contributed by atoms with van der Waals surface area (Å²) < 4.78 is 0. The fourth-order valence-corrected chi connectivity index (χ4v) is 2.46. The molecule has 0 saturated carbocycles. The highest BCUT2D eigenvalue weighted by Gasteiger charge is 2.14. The van der Waals surface area contributed by atoms with E-state index < -0.39 is 0 Å². The van der Waals surface area contributed by atoms with Crippen molar-refractivity contribution in [2.24, 2.45) is 0 Å². The van der Waals surface area contributed by atoms with E-state index in [1.807, 2.05) is 73.5 Å². The summed E-state index contributed by atoms with van der Waals surface area (Å²) in [6.45, 7) is 3.79.